The van der Waals surface area contributed by atoms with Crippen molar-refractivity contribution in [2.45, 2.75) is 69.2 Å². The van der Waals surface area contributed by atoms with Crippen LogP contribution in [0.1, 0.15) is 67.3 Å². The number of thioether (sulfide) groups is 1. The van der Waals surface area contributed by atoms with E-state index < -0.39 is 12.2 Å². The van der Waals surface area contributed by atoms with E-state index in [0.29, 0.717) is 25.1 Å². The van der Waals surface area contributed by atoms with Crippen molar-refractivity contribution in [2.75, 3.05) is 11.1 Å². The minimum atomic E-state index is -0.580. The number of amides is 3. The summed E-state index contributed by atoms with van der Waals surface area (Å²) in [4.78, 5) is 35.8. The Bertz CT molecular complexity index is 1700. The minimum Gasteiger partial charge on any atom is -0.392 e. The molecule has 3 unspecified atom stereocenters. The Morgan fingerprint density at radius 1 is 0.816 bits per heavy atom. The third-order valence-electron chi connectivity index (χ3n) is 8.09. The number of nitrogens with one attached hydrogen (secondary N) is 3. The molecule has 5 rings (SSSR count). The monoisotopic (exact) mass is 683 g/mol. The Kier molecular flexibility index (Phi) is 13.0. The lowest BCUT2D eigenvalue weighted by molar-refractivity contribution is -0.245. The second-order valence-electron chi connectivity index (χ2n) is 11.9. The molecule has 0 saturated carbocycles. The van der Waals surface area contributed by atoms with Crippen LogP contribution in [0.3, 0.4) is 0 Å². The lowest BCUT2D eigenvalue weighted by Crippen LogP contribution is -2.31. The highest BCUT2D eigenvalue weighted by molar-refractivity contribution is 7.99. The van der Waals surface area contributed by atoms with E-state index >= 15 is 0 Å². The normalized spacial score (nSPS) is 17.2. The third-order valence-corrected chi connectivity index (χ3v) is 9.23. The first-order valence-electron chi connectivity index (χ1n) is 16.2. The van der Waals surface area contributed by atoms with Gasteiger partial charge in [-0.3, -0.25) is 19.6 Å². The van der Waals surface area contributed by atoms with Gasteiger partial charge in [-0.15, -0.1) is 11.8 Å². The molecule has 49 heavy (non-hydrogen) atoms. The molecule has 0 radical (unpaired) electrons. The summed E-state index contributed by atoms with van der Waals surface area (Å²) in [6, 6.07) is 31.6. The molecule has 1 saturated heterocycles. The van der Waals surface area contributed by atoms with E-state index in [9.17, 15) is 19.5 Å². The average molecular weight is 684 g/mol. The van der Waals surface area contributed by atoms with Gasteiger partial charge in [0.05, 0.1) is 18.8 Å². The van der Waals surface area contributed by atoms with Crippen LogP contribution in [0.15, 0.2) is 102 Å². The van der Waals surface area contributed by atoms with Crippen LogP contribution in [0, 0.1) is 0 Å². The van der Waals surface area contributed by atoms with E-state index in [-0.39, 0.29) is 43.5 Å². The Hall–Kier alpha value is -4.52. The van der Waals surface area contributed by atoms with Crippen molar-refractivity contribution in [3.63, 3.8) is 0 Å². The van der Waals surface area contributed by atoms with E-state index in [1.54, 1.807) is 17.2 Å². The molecule has 0 aliphatic carbocycles. The van der Waals surface area contributed by atoms with Crippen molar-refractivity contribution in [2.24, 2.45) is 0 Å². The van der Waals surface area contributed by atoms with Crippen LogP contribution in [0.5, 0.6) is 0 Å². The number of anilines is 1. The van der Waals surface area contributed by atoms with Crippen LogP contribution in [-0.4, -0.2) is 39.9 Å². The number of aliphatic hydroxyl groups excluding tert-OH is 1. The van der Waals surface area contributed by atoms with Crippen LogP contribution in [0.25, 0.3) is 11.1 Å². The number of rotatable bonds is 14. The number of ether oxygens (including phenoxy) is 2. The molecular formula is C38H41N3O7S. The van der Waals surface area contributed by atoms with Gasteiger partial charge >= 0.3 is 0 Å². The summed E-state index contributed by atoms with van der Waals surface area (Å²) in [5.41, 5.74) is 8.05. The molecule has 4 aromatic rings. The first-order valence-corrected chi connectivity index (χ1v) is 17.2. The van der Waals surface area contributed by atoms with Gasteiger partial charge in [0.1, 0.15) is 0 Å². The van der Waals surface area contributed by atoms with Gasteiger partial charge in [0.15, 0.2) is 6.29 Å². The van der Waals surface area contributed by atoms with E-state index in [4.69, 9.17) is 14.7 Å². The van der Waals surface area contributed by atoms with Gasteiger partial charge in [0.25, 0.3) is 0 Å². The predicted octanol–water partition coefficient (Wildman–Crippen LogP) is 6.43. The number of carbonyl (C=O) groups is 3. The Morgan fingerprint density at radius 2 is 1.53 bits per heavy atom. The highest BCUT2D eigenvalue weighted by Gasteiger charge is 2.32. The van der Waals surface area contributed by atoms with Crippen LogP contribution in [0.4, 0.5) is 5.69 Å². The molecule has 3 amide bonds. The number of hydroxylamine groups is 1. The molecule has 0 spiro atoms. The summed E-state index contributed by atoms with van der Waals surface area (Å²) < 4.78 is 13.0. The molecule has 1 aliphatic heterocycles. The minimum absolute atomic E-state index is 0.0190. The van der Waals surface area contributed by atoms with Crippen molar-refractivity contribution in [1.82, 2.24) is 10.8 Å². The van der Waals surface area contributed by atoms with Gasteiger partial charge in [0, 0.05) is 54.6 Å². The number of hydrogen-bond acceptors (Lipinski definition) is 8. The quantitative estimate of drug-likeness (QED) is 0.0581. The van der Waals surface area contributed by atoms with Gasteiger partial charge < -0.3 is 25.2 Å². The van der Waals surface area contributed by atoms with Gasteiger partial charge in [0.2, 0.25) is 17.7 Å². The fraction of sp³-hybridized carbons (Fsp3) is 0.289. The summed E-state index contributed by atoms with van der Waals surface area (Å²) in [6.07, 6.45) is 0.429. The lowest BCUT2D eigenvalue weighted by Gasteiger charge is -2.36. The van der Waals surface area contributed by atoms with E-state index in [1.165, 1.54) is 6.92 Å². The second kappa shape index (κ2) is 17.8. The van der Waals surface area contributed by atoms with Crippen LogP contribution in [0.2, 0.25) is 0 Å². The molecule has 10 nitrogen and oxygen atoms in total. The topological polar surface area (TPSA) is 146 Å². The van der Waals surface area contributed by atoms with Gasteiger partial charge in [-0.2, -0.15) is 0 Å². The molecular weight excluding hydrogens is 642 g/mol. The Morgan fingerprint density at radius 3 is 2.22 bits per heavy atom. The molecule has 3 atom stereocenters. The number of aliphatic hydroxyl groups is 1. The second-order valence-corrected chi connectivity index (χ2v) is 12.9. The van der Waals surface area contributed by atoms with E-state index in [0.717, 1.165) is 44.0 Å². The largest absolute Gasteiger partial charge is 0.392 e. The van der Waals surface area contributed by atoms with Crippen molar-refractivity contribution >= 4 is 35.2 Å². The fourth-order valence-corrected chi connectivity index (χ4v) is 6.42. The molecule has 1 aliphatic rings. The zero-order valence-electron chi connectivity index (χ0n) is 27.3. The van der Waals surface area contributed by atoms with Crippen molar-refractivity contribution < 1.29 is 34.2 Å². The van der Waals surface area contributed by atoms with Crippen molar-refractivity contribution in [1.29, 1.82) is 0 Å². The van der Waals surface area contributed by atoms with Gasteiger partial charge in [-0.25, -0.2) is 5.48 Å². The molecule has 11 heteroatoms. The zero-order valence-corrected chi connectivity index (χ0v) is 28.1. The number of carbonyl (C=O) groups excluding carboxylic acids is 3. The Labute approximate surface area is 290 Å². The SMILES string of the molecule is CC(=O)Nc1ccc(SCC2CC(c3ccc(CO)cc3)OC(c3ccc(-c4cccc(CNC(=O)CCCC(=O)NO)c4)cc3)O2)cc1. The van der Waals surface area contributed by atoms with Crippen LogP contribution < -0.4 is 16.1 Å². The maximum Gasteiger partial charge on any atom is 0.243 e. The summed E-state index contributed by atoms with van der Waals surface area (Å²) in [7, 11) is 0. The summed E-state index contributed by atoms with van der Waals surface area (Å²) in [5, 5.41) is 23.8. The lowest BCUT2D eigenvalue weighted by atomic mass is 9.99. The molecule has 4 aromatic carbocycles. The summed E-state index contributed by atoms with van der Waals surface area (Å²) in [5.74, 6) is -0.0657. The Balaban J connectivity index is 1.24. The van der Waals surface area contributed by atoms with Crippen molar-refractivity contribution in [3.05, 3.63) is 119 Å². The maximum atomic E-state index is 12.2. The van der Waals surface area contributed by atoms with Crippen molar-refractivity contribution in [3.8, 4) is 11.1 Å². The molecule has 1 heterocycles. The zero-order chi connectivity index (χ0) is 34.6. The molecule has 0 bridgehead atoms. The smallest absolute Gasteiger partial charge is 0.243 e. The maximum absolute atomic E-state index is 12.2. The number of hydrogen-bond donors (Lipinski definition) is 5. The standard InChI is InChI=1S/C38H41N3O7S/c1-25(43)40-32-16-18-34(19-17-32)49-24-33-21-35(29-10-8-26(23-42)9-11-29)48-38(47-33)30-14-12-28(13-15-30)31-5-2-4-27(20-31)22-39-36(44)6-3-7-37(45)41-46/h2,4-5,8-20,33,35,38,42,46H,3,6-7,21-24H2,1H3,(H,39,44)(H,40,43)(H,41,45). The summed E-state index contributed by atoms with van der Waals surface area (Å²) >= 11 is 1.69. The molecule has 1 fully saturated rings. The third kappa shape index (κ3) is 10.7. The number of benzene rings is 4. The first-order chi connectivity index (χ1) is 23.8. The molecule has 256 valence electrons. The summed E-state index contributed by atoms with van der Waals surface area (Å²) in [6.45, 7) is 1.83. The van der Waals surface area contributed by atoms with Crippen LogP contribution in [-0.2, 0) is 37.0 Å². The van der Waals surface area contributed by atoms with E-state index in [2.05, 4.69) is 10.6 Å². The van der Waals surface area contributed by atoms with E-state index in [1.807, 2.05) is 97.1 Å². The molecule has 5 N–H and O–H groups in total. The van der Waals surface area contributed by atoms with Gasteiger partial charge in [-0.1, -0.05) is 66.7 Å². The van der Waals surface area contributed by atoms with Gasteiger partial charge in [-0.05, 0) is 64.6 Å². The molecule has 0 aromatic heterocycles. The highest BCUT2D eigenvalue weighted by Crippen LogP contribution is 2.40. The average Bonchev–Trinajstić information content (AvgIpc) is 3.13. The predicted molar refractivity (Wildman–Crippen MR) is 187 cm³/mol. The van der Waals surface area contributed by atoms with Crippen LogP contribution >= 0.6 is 11.8 Å². The fourth-order valence-electron chi connectivity index (χ4n) is 5.50. The first kappa shape index (κ1) is 35.8. The highest BCUT2D eigenvalue weighted by atomic mass is 32.2.